The van der Waals surface area contributed by atoms with E-state index in [0.29, 0.717) is 17.1 Å². The first-order chi connectivity index (χ1) is 8.17. The SMILES string of the molecule is COc1ccc(C2=C(Cl)C(=O)OC2)cc1OC. The lowest BCUT2D eigenvalue weighted by Crippen LogP contribution is -1.94. The molecular formula is C12H11ClO4. The van der Waals surface area contributed by atoms with Crippen molar-refractivity contribution >= 4 is 23.1 Å². The van der Waals surface area contributed by atoms with Gasteiger partial charge in [-0.25, -0.2) is 4.79 Å². The highest BCUT2D eigenvalue weighted by molar-refractivity contribution is 6.45. The van der Waals surface area contributed by atoms with Crippen LogP contribution in [-0.2, 0) is 9.53 Å². The standard InChI is InChI=1S/C12H11ClO4/c1-15-9-4-3-7(5-10(9)16-2)8-6-17-12(14)11(8)13/h3-5H,6H2,1-2H3. The van der Waals surface area contributed by atoms with Crippen LogP contribution < -0.4 is 9.47 Å². The van der Waals surface area contributed by atoms with E-state index in [4.69, 9.17) is 25.8 Å². The second kappa shape index (κ2) is 4.67. The van der Waals surface area contributed by atoms with Gasteiger partial charge in [0.1, 0.15) is 11.6 Å². The van der Waals surface area contributed by atoms with Crippen LogP contribution in [0.25, 0.3) is 5.57 Å². The van der Waals surface area contributed by atoms with Gasteiger partial charge in [0, 0.05) is 5.57 Å². The first-order valence-electron chi connectivity index (χ1n) is 4.95. The van der Waals surface area contributed by atoms with Gasteiger partial charge in [0.2, 0.25) is 0 Å². The Morgan fingerprint density at radius 2 is 1.94 bits per heavy atom. The van der Waals surface area contributed by atoms with Crippen molar-refractivity contribution in [2.75, 3.05) is 20.8 Å². The zero-order valence-electron chi connectivity index (χ0n) is 9.45. The molecule has 0 fully saturated rings. The summed E-state index contributed by atoms with van der Waals surface area (Å²) in [7, 11) is 3.11. The van der Waals surface area contributed by atoms with Gasteiger partial charge < -0.3 is 14.2 Å². The fourth-order valence-electron chi connectivity index (χ4n) is 1.62. The Morgan fingerprint density at radius 1 is 1.24 bits per heavy atom. The van der Waals surface area contributed by atoms with Gasteiger partial charge in [-0.15, -0.1) is 0 Å². The van der Waals surface area contributed by atoms with Gasteiger partial charge in [0.25, 0.3) is 0 Å². The Kier molecular flexibility index (Phi) is 3.24. The smallest absolute Gasteiger partial charge is 0.350 e. The van der Waals surface area contributed by atoms with E-state index in [9.17, 15) is 4.79 Å². The zero-order chi connectivity index (χ0) is 12.4. The van der Waals surface area contributed by atoms with Gasteiger partial charge >= 0.3 is 5.97 Å². The van der Waals surface area contributed by atoms with E-state index < -0.39 is 5.97 Å². The van der Waals surface area contributed by atoms with E-state index in [1.165, 1.54) is 0 Å². The number of carbonyl (C=O) groups excluding carboxylic acids is 1. The summed E-state index contributed by atoms with van der Waals surface area (Å²) in [5, 5.41) is 0.122. The van der Waals surface area contributed by atoms with Crippen LogP contribution in [0, 0.1) is 0 Å². The van der Waals surface area contributed by atoms with E-state index in [0.717, 1.165) is 5.56 Å². The number of hydrogen-bond acceptors (Lipinski definition) is 4. The number of cyclic esters (lactones) is 1. The number of methoxy groups -OCH3 is 2. The molecule has 1 aliphatic heterocycles. The summed E-state index contributed by atoms with van der Waals surface area (Å²) in [5.74, 6) is 0.719. The maximum Gasteiger partial charge on any atom is 0.350 e. The van der Waals surface area contributed by atoms with E-state index in [1.807, 2.05) is 0 Å². The van der Waals surface area contributed by atoms with Crippen LogP contribution in [0.4, 0.5) is 0 Å². The predicted molar refractivity (Wildman–Crippen MR) is 63.3 cm³/mol. The van der Waals surface area contributed by atoms with Gasteiger partial charge in [-0.05, 0) is 17.7 Å². The molecule has 17 heavy (non-hydrogen) atoms. The number of esters is 1. The Hall–Kier alpha value is -1.68. The lowest BCUT2D eigenvalue weighted by Gasteiger charge is -2.09. The average Bonchev–Trinajstić information content (AvgIpc) is 2.69. The normalized spacial score (nSPS) is 14.9. The molecule has 0 spiro atoms. The van der Waals surface area contributed by atoms with Crippen LogP contribution >= 0.6 is 11.6 Å². The molecule has 0 saturated heterocycles. The summed E-state index contributed by atoms with van der Waals surface area (Å²) in [5.41, 5.74) is 1.45. The van der Waals surface area contributed by atoms with Crippen molar-refractivity contribution < 1.29 is 19.0 Å². The zero-order valence-corrected chi connectivity index (χ0v) is 10.2. The van der Waals surface area contributed by atoms with Gasteiger partial charge in [0.05, 0.1) is 14.2 Å². The third-order valence-electron chi connectivity index (χ3n) is 2.52. The van der Waals surface area contributed by atoms with Crippen molar-refractivity contribution in [3.05, 3.63) is 28.8 Å². The molecule has 0 saturated carbocycles. The number of hydrogen-bond donors (Lipinski definition) is 0. The molecule has 0 bridgehead atoms. The molecule has 0 unspecified atom stereocenters. The summed E-state index contributed by atoms with van der Waals surface area (Å²) in [6, 6.07) is 5.33. The lowest BCUT2D eigenvalue weighted by atomic mass is 10.1. The van der Waals surface area contributed by atoms with Gasteiger partial charge in [-0.2, -0.15) is 0 Å². The lowest BCUT2D eigenvalue weighted by molar-refractivity contribution is -0.135. The van der Waals surface area contributed by atoms with Crippen LogP contribution in [0.2, 0.25) is 0 Å². The van der Waals surface area contributed by atoms with Gasteiger partial charge in [-0.3, -0.25) is 0 Å². The molecule has 0 atom stereocenters. The minimum absolute atomic E-state index is 0.122. The van der Waals surface area contributed by atoms with Crippen molar-refractivity contribution in [1.82, 2.24) is 0 Å². The molecular weight excluding hydrogens is 244 g/mol. The fourth-order valence-corrected chi connectivity index (χ4v) is 1.84. The fraction of sp³-hybridized carbons (Fsp3) is 0.250. The van der Waals surface area contributed by atoms with Crippen LogP contribution in [0.5, 0.6) is 11.5 Å². The number of rotatable bonds is 3. The van der Waals surface area contributed by atoms with E-state index in [1.54, 1.807) is 32.4 Å². The molecule has 0 aromatic heterocycles. The summed E-state index contributed by atoms with van der Waals surface area (Å²) in [6.07, 6.45) is 0. The molecule has 0 aliphatic carbocycles. The Labute approximate surface area is 104 Å². The van der Waals surface area contributed by atoms with Gasteiger partial charge in [-0.1, -0.05) is 17.7 Å². The summed E-state index contributed by atoms with van der Waals surface area (Å²) < 4.78 is 15.2. The van der Waals surface area contributed by atoms with Crippen LogP contribution in [0.3, 0.4) is 0 Å². The first-order valence-corrected chi connectivity index (χ1v) is 5.33. The average molecular weight is 255 g/mol. The second-order valence-corrected chi connectivity index (χ2v) is 3.82. The van der Waals surface area contributed by atoms with Crippen molar-refractivity contribution in [2.45, 2.75) is 0 Å². The highest BCUT2D eigenvalue weighted by Crippen LogP contribution is 2.34. The van der Waals surface area contributed by atoms with Crippen LogP contribution in [-0.4, -0.2) is 26.8 Å². The van der Waals surface area contributed by atoms with Crippen molar-refractivity contribution in [3.63, 3.8) is 0 Å². The molecule has 1 aromatic carbocycles. The molecule has 90 valence electrons. The first kappa shape index (κ1) is 11.8. The topological polar surface area (TPSA) is 44.8 Å². The molecule has 5 heteroatoms. The number of benzene rings is 1. The van der Waals surface area contributed by atoms with Gasteiger partial charge in [0.15, 0.2) is 11.5 Å². The van der Waals surface area contributed by atoms with E-state index in [-0.39, 0.29) is 11.6 Å². The summed E-state index contributed by atoms with van der Waals surface area (Å²) in [4.78, 5) is 11.2. The largest absolute Gasteiger partial charge is 0.493 e. The maximum absolute atomic E-state index is 11.2. The number of halogens is 1. The minimum Gasteiger partial charge on any atom is -0.493 e. The van der Waals surface area contributed by atoms with E-state index >= 15 is 0 Å². The third-order valence-corrected chi connectivity index (χ3v) is 2.91. The molecule has 1 heterocycles. The predicted octanol–water partition coefficient (Wildman–Crippen LogP) is 2.21. The van der Waals surface area contributed by atoms with E-state index in [2.05, 4.69) is 0 Å². The van der Waals surface area contributed by atoms with Crippen molar-refractivity contribution in [2.24, 2.45) is 0 Å². The highest BCUT2D eigenvalue weighted by atomic mass is 35.5. The molecule has 4 nitrogen and oxygen atoms in total. The second-order valence-electron chi connectivity index (χ2n) is 3.44. The summed E-state index contributed by atoms with van der Waals surface area (Å²) >= 11 is 5.87. The Bertz CT molecular complexity index is 493. The Balaban J connectivity index is 2.44. The monoisotopic (exact) mass is 254 g/mol. The van der Waals surface area contributed by atoms with Crippen LogP contribution in [0.1, 0.15) is 5.56 Å². The molecule has 0 N–H and O–H groups in total. The molecule has 0 radical (unpaired) electrons. The quantitative estimate of drug-likeness (QED) is 0.776. The minimum atomic E-state index is -0.489. The molecule has 1 aliphatic rings. The Morgan fingerprint density at radius 3 is 2.47 bits per heavy atom. The molecule has 2 rings (SSSR count). The van der Waals surface area contributed by atoms with Crippen molar-refractivity contribution in [3.8, 4) is 11.5 Å². The molecule has 1 aromatic rings. The van der Waals surface area contributed by atoms with Crippen LogP contribution in [0.15, 0.2) is 23.2 Å². The van der Waals surface area contributed by atoms with Crippen molar-refractivity contribution in [1.29, 1.82) is 0 Å². The third kappa shape index (κ3) is 2.08. The number of carbonyl (C=O) groups is 1. The maximum atomic E-state index is 11.2. The number of ether oxygens (including phenoxy) is 3. The highest BCUT2D eigenvalue weighted by Gasteiger charge is 2.24. The molecule has 0 amide bonds. The summed E-state index contributed by atoms with van der Waals surface area (Å²) in [6.45, 7) is 0.188.